The highest BCUT2D eigenvalue weighted by atomic mass is 35.5. The average Bonchev–Trinajstić information content (AvgIpc) is 2.66. The second-order valence-electron chi connectivity index (χ2n) is 3.28. The zero-order valence-corrected chi connectivity index (χ0v) is 10.9. The van der Waals surface area contributed by atoms with E-state index >= 15 is 0 Å². The molecule has 0 amide bonds. The van der Waals surface area contributed by atoms with Crippen LogP contribution in [0.15, 0.2) is 24.4 Å². The van der Waals surface area contributed by atoms with Crippen molar-refractivity contribution in [2.75, 3.05) is 0 Å². The molecule has 0 unspecified atom stereocenters. The Hall–Kier alpha value is -0.770. The molecule has 0 saturated heterocycles. The van der Waals surface area contributed by atoms with Gasteiger partial charge in [-0.15, -0.1) is 11.3 Å². The normalized spacial score (nSPS) is 10.4. The Bertz CT molecular complexity index is 498. The highest BCUT2D eigenvalue weighted by Crippen LogP contribution is 2.23. The van der Waals surface area contributed by atoms with Crippen molar-refractivity contribution in [3.8, 4) is 5.75 Å². The maximum absolute atomic E-state index is 5.92. The van der Waals surface area contributed by atoms with Crippen molar-refractivity contribution in [3.05, 3.63) is 44.3 Å². The zero-order chi connectivity index (χ0) is 11.5. The number of thiazole rings is 1. The highest BCUT2D eigenvalue weighted by molar-refractivity contribution is 7.15. The van der Waals surface area contributed by atoms with Crippen molar-refractivity contribution in [1.82, 2.24) is 4.98 Å². The van der Waals surface area contributed by atoms with Crippen molar-refractivity contribution in [2.24, 2.45) is 0 Å². The van der Waals surface area contributed by atoms with Crippen LogP contribution in [0.4, 0.5) is 0 Å². The second-order valence-corrected chi connectivity index (χ2v) is 5.38. The SMILES string of the molecule is Cc1cc(OCc2cnc(Cl)s2)ccc1Cl. The molecule has 84 valence electrons. The van der Waals surface area contributed by atoms with Gasteiger partial charge in [-0.3, -0.25) is 0 Å². The van der Waals surface area contributed by atoms with Crippen molar-refractivity contribution in [3.63, 3.8) is 0 Å². The molecule has 1 aromatic carbocycles. The Kier molecular flexibility index (Phi) is 3.69. The van der Waals surface area contributed by atoms with Gasteiger partial charge in [0, 0.05) is 11.2 Å². The Labute approximate surface area is 108 Å². The molecular weight excluding hydrogens is 265 g/mol. The Morgan fingerprint density at radius 1 is 1.38 bits per heavy atom. The third kappa shape index (κ3) is 2.88. The monoisotopic (exact) mass is 273 g/mol. The van der Waals surface area contributed by atoms with E-state index in [1.807, 2.05) is 25.1 Å². The highest BCUT2D eigenvalue weighted by Gasteiger charge is 2.02. The molecule has 0 aliphatic carbocycles. The molecule has 0 N–H and O–H groups in total. The quantitative estimate of drug-likeness (QED) is 0.830. The summed E-state index contributed by atoms with van der Waals surface area (Å²) in [7, 11) is 0. The minimum Gasteiger partial charge on any atom is -0.488 e. The molecule has 0 fully saturated rings. The fraction of sp³-hybridized carbons (Fsp3) is 0.182. The molecule has 0 aliphatic heterocycles. The fourth-order valence-electron chi connectivity index (χ4n) is 1.21. The summed E-state index contributed by atoms with van der Waals surface area (Å²) < 4.78 is 6.13. The lowest BCUT2D eigenvalue weighted by molar-refractivity contribution is 0.309. The van der Waals surface area contributed by atoms with Crippen LogP contribution < -0.4 is 4.74 Å². The van der Waals surface area contributed by atoms with Crippen LogP contribution in [0.3, 0.4) is 0 Å². The predicted octanol–water partition coefficient (Wildman–Crippen LogP) is 4.34. The first-order chi connectivity index (χ1) is 7.65. The summed E-state index contributed by atoms with van der Waals surface area (Å²) in [6, 6.07) is 5.58. The van der Waals surface area contributed by atoms with Gasteiger partial charge in [0.1, 0.15) is 12.4 Å². The molecule has 2 aromatic rings. The van der Waals surface area contributed by atoms with E-state index in [0.717, 1.165) is 21.2 Å². The lowest BCUT2D eigenvalue weighted by atomic mass is 10.2. The topological polar surface area (TPSA) is 22.1 Å². The van der Waals surface area contributed by atoms with Crippen molar-refractivity contribution >= 4 is 34.5 Å². The first kappa shape index (κ1) is 11.7. The van der Waals surface area contributed by atoms with Gasteiger partial charge in [0.15, 0.2) is 4.47 Å². The van der Waals surface area contributed by atoms with Crippen LogP contribution in [0.25, 0.3) is 0 Å². The van der Waals surface area contributed by atoms with E-state index in [1.165, 1.54) is 11.3 Å². The van der Waals surface area contributed by atoms with Crippen LogP contribution in [0, 0.1) is 6.92 Å². The van der Waals surface area contributed by atoms with Gasteiger partial charge >= 0.3 is 0 Å². The summed E-state index contributed by atoms with van der Waals surface area (Å²) in [5.74, 6) is 0.798. The summed E-state index contributed by atoms with van der Waals surface area (Å²) >= 11 is 13.1. The van der Waals surface area contributed by atoms with E-state index < -0.39 is 0 Å². The number of benzene rings is 1. The molecule has 0 atom stereocenters. The zero-order valence-electron chi connectivity index (χ0n) is 8.54. The number of hydrogen-bond acceptors (Lipinski definition) is 3. The van der Waals surface area contributed by atoms with Crippen molar-refractivity contribution in [2.45, 2.75) is 13.5 Å². The summed E-state index contributed by atoms with van der Waals surface area (Å²) in [6.45, 7) is 2.42. The third-order valence-electron chi connectivity index (χ3n) is 2.04. The molecule has 0 spiro atoms. The van der Waals surface area contributed by atoms with Gasteiger partial charge in [-0.25, -0.2) is 4.98 Å². The van der Waals surface area contributed by atoms with E-state index in [9.17, 15) is 0 Å². The average molecular weight is 274 g/mol. The number of nitrogens with zero attached hydrogens (tertiary/aromatic N) is 1. The number of hydrogen-bond donors (Lipinski definition) is 0. The lowest BCUT2D eigenvalue weighted by Crippen LogP contribution is -1.93. The summed E-state index contributed by atoms with van der Waals surface area (Å²) in [5.41, 5.74) is 1.00. The summed E-state index contributed by atoms with van der Waals surface area (Å²) in [5, 5.41) is 0.744. The summed E-state index contributed by atoms with van der Waals surface area (Å²) in [4.78, 5) is 4.94. The van der Waals surface area contributed by atoms with E-state index in [-0.39, 0.29) is 0 Å². The van der Waals surface area contributed by atoms with Gasteiger partial charge in [0.05, 0.1) is 4.88 Å². The molecule has 1 aromatic heterocycles. The minimum atomic E-state index is 0.478. The minimum absolute atomic E-state index is 0.478. The molecule has 0 saturated carbocycles. The Morgan fingerprint density at radius 2 is 2.19 bits per heavy atom. The standard InChI is InChI=1S/C11H9Cl2NOS/c1-7-4-8(2-3-10(7)12)15-6-9-5-14-11(13)16-9/h2-5H,6H2,1H3. The van der Waals surface area contributed by atoms with Crippen LogP contribution in [0.1, 0.15) is 10.4 Å². The lowest BCUT2D eigenvalue weighted by Gasteiger charge is -2.05. The van der Waals surface area contributed by atoms with E-state index in [4.69, 9.17) is 27.9 Å². The van der Waals surface area contributed by atoms with Gasteiger partial charge in [-0.05, 0) is 30.7 Å². The molecule has 1 heterocycles. The van der Waals surface area contributed by atoms with E-state index in [1.54, 1.807) is 6.20 Å². The van der Waals surface area contributed by atoms with Crippen LogP contribution in [-0.4, -0.2) is 4.98 Å². The summed E-state index contributed by atoms with van der Waals surface area (Å²) in [6.07, 6.45) is 1.72. The van der Waals surface area contributed by atoms with Crippen LogP contribution >= 0.6 is 34.5 Å². The van der Waals surface area contributed by atoms with Crippen LogP contribution in [0.5, 0.6) is 5.75 Å². The first-order valence-electron chi connectivity index (χ1n) is 4.64. The number of ether oxygens (including phenoxy) is 1. The molecule has 0 aliphatic rings. The number of halogens is 2. The number of rotatable bonds is 3. The smallest absolute Gasteiger partial charge is 0.183 e. The Morgan fingerprint density at radius 3 is 2.81 bits per heavy atom. The van der Waals surface area contributed by atoms with Gasteiger partial charge in [-0.2, -0.15) is 0 Å². The van der Waals surface area contributed by atoms with E-state index in [2.05, 4.69) is 4.98 Å². The van der Waals surface area contributed by atoms with Gasteiger partial charge in [-0.1, -0.05) is 23.2 Å². The van der Waals surface area contributed by atoms with Crippen LogP contribution in [0.2, 0.25) is 9.49 Å². The van der Waals surface area contributed by atoms with Gasteiger partial charge < -0.3 is 4.74 Å². The molecular formula is C11H9Cl2NOS. The molecule has 2 rings (SSSR count). The van der Waals surface area contributed by atoms with Crippen molar-refractivity contribution < 1.29 is 4.74 Å². The largest absolute Gasteiger partial charge is 0.488 e. The van der Waals surface area contributed by atoms with E-state index in [0.29, 0.717) is 11.1 Å². The fourth-order valence-corrected chi connectivity index (χ4v) is 2.22. The molecule has 0 bridgehead atoms. The number of aromatic nitrogens is 1. The van der Waals surface area contributed by atoms with Gasteiger partial charge in [0.2, 0.25) is 0 Å². The molecule has 16 heavy (non-hydrogen) atoms. The molecule has 2 nitrogen and oxygen atoms in total. The second kappa shape index (κ2) is 5.04. The number of aryl methyl sites for hydroxylation is 1. The van der Waals surface area contributed by atoms with Crippen molar-refractivity contribution in [1.29, 1.82) is 0 Å². The van der Waals surface area contributed by atoms with Gasteiger partial charge in [0.25, 0.3) is 0 Å². The first-order valence-corrected chi connectivity index (χ1v) is 6.21. The molecule has 0 radical (unpaired) electrons. The molecule has 5 heteroatoms. The Balaban J connectivity index is 2.02. The maximum atomic E-state index is 5.92. The third-order valence-corrected chi connectivity index (χ3v) is 3.55. The predicted molar refractivity (Wildman–Crippen MR) is 67.6 cm³/mol. The van der Waals surface area contributed by atoms with Crippen LogP contribution in [-0.2, 0) is 6.61 Å². The maximum Gasteiger partial charge on any atom is 0.183 e.